The maximum atomic E-state index is 13.5. The molecule has 0 unspecified atom stereocenters. The number of nitrogens with one attached hydrogen (secondary N) is 1. The summed E-state index contributed by atoms with van der Waals surface area (Å²) in [5, 5.41) is 9.69. The van der Waals surface area contributed by atoms with E-state index in [4.69, 9.17) is 5.10 Å². The molecule has 1 N–H and O–H groups in total. The number of benzene rings is 4. The fraction of sp³-hybridized carbons (Fsp3) is 0.212. The predicted molar refractivity (Wildman–Crippen MR) is 164 cm³/mol. The van der Waals surface area contributed by atoms with Gasteiger partial charge in [-0.25, -0.2) is 4.68 Å². The van der Waals surface area contributed by atoms with Crippen molar-refractivity contribution in [1.82, 2.24) is 15.1 Å². The van der Waals surface area contributed by atoms with Crippen molar-refractivity contribution in [3.05, 3.63) is 130 Å². The number of rotatable bonds is 5. The number of aromatic nitrogens is 2. The molecule has 0 saturated carbocycles. The molecule has 39 heavy (non-hydrogen) atoms. The Morgan fingerprint density at radius 2 is 1.38 bits per heavy atom. The third kappa shape index (κ3) is 3.76. The summed E-state index contributed by atoms with van der Waals surface area (Å²) in [6, 6.07) is 38.3. The van der Waals surface area contributed by atoms with Crippen LogP contribution in [0, 0.1) is 9.12 Å². The number of halogens is 1. The van der Waals surface area contributed by atoms with Crippen LogP contribution in [-0.2, 0) is 10.3 Å². The molecule has 1 atom stereocenters. The minimum absolute atomic E-state index is 0.241. The van der Waals surface area contributed by atoms with Crippen molar-refractivity contribution < 1.29 is 4.79 Å². The van der Waals surface area contributed by atoms with Gasteiger partial charge in [0.2, 0.25) is 5.91 Å². The first-order valence-corrected chi connectivity index (χ1v) is 14.6. The third-order valence-corrected chi connectivity index (χ3v) is 9.38. The van der Waals surface area contributed by atoms with Crippen LogP contribution in [0.15, 0.2) is 109 Å². The summed E-state index contributed by atoms with van der Waals surface area (Å²) in [6.45, 7) is 2.47. The lowest BCUT2D eigenvalue weighted by Gasteiger charge is -2.37. The number of anilines is 1. The van der Waals surface area contributed by atoms with Crippen molar-refractivity contribution in [2.24, 2.45) is 5.41 Å². The Bertz CT molecular complexity index is 1550. The van der Waals surface area contributed by atoms with Gasteiger partial charge in [-0.3, -0.25) is 4.79 Å². The molecule has 0 bridgehead atoms. The standard InChI is InChI=1S/C33H29IN4O/c34-30-28-22-27(37-21-19-32(31(37)39)18-20-35-23-32)16-17-29(28)38(36-30)33(24-10-4-1-5-11-24,25-12-6-2-7-13-25)26-14-8-3-9-15-26/h1-17,22,35H,18-21,23H2/t32-/m1/s1. The average Bonchev–Trinajstić information content (AvgIpc) is 3.70. The normalized spacial score (nSPS) is 19.4. The SMILES string of the molecule is O=C1N(c2ccc3c(c2)c(I)nn3C(c2ccccc2)(c2ccccc2)c2ccccc2)CC[C@@]12CCNC2. The molecule has 1 spiro atoms. The molecule has 5 aromatic rings. The van der Waals surface area contributed by atoms with Gasteiger partial charge in [-0.05, 0) is 76.9 Å². The van der Waals surface area contributed by atoms with Crippen LogP contribution < -0.4 is 10.2 Å². The Morgan fingerprint density at radius 1 is 0.795 bits per heavy atom. The maximum absolute atomic E-state index is 13.5. The quantitative estimate of drug-likeness (QED) is 0.187. The van der Waals surface area contributed by atoms with Gasteiger partial charge in [-0.15, -0.1) is 0 Å². The van der Waals surface area contributed by atoms with Gasteiger partial charge in [0.1, 0.15) is 9.24 Å². The second-order valence-electron chi connectivity index (χ2n) is 10.6. The van der Waals surface area contributed by atoms with Gasteiger partial charge >= 0.3 is 0 Å². The van der Waals surface area contributed by atoms with Crippen LogP contribution in [0.3, 0.4) is 0 Å². The number of fused-ring (bicyclic) bond motifs is 1. The van der Waals surface area contributed by atoms with Crippen molar-refractivity contribution in [3.63, 3.8) is 0 Å². The van der Waals surface area contributed by atoms with E-state index in [2.05, 4.69) is 142 Å². The van der Waals surface area contributed by atoms with E-state index in [-0.39, 0.29) is 11.3 Å². The van der Waals surface area contributed by atoms with E-state index in [9.17, 15) is 4.79 Å². The summed E-state index contributed by atoms with van der Waals surface area (Å²) >= 11 is 2.35. The molecule has 3 heterocycles. The number of carbonyl (C=O) groups is 1. The first kappa shape index (κ1) is 24.5. The minimum Gasteiger partial charge on any atom is -0.316 e. The number of amides is 1. The van der Waals surface area contributed by atoms with Gasteiger partial charge in [0.25, 0.3) is 0 Å². The minimum atomic E-state index is -0.685. The largest absolute Gasteiger partial charge is 0.316 e. The third-order valence-electron chi connectivity index (χ3n) is 8.58. The lowest BCUT2D eigenvalue weighted by Crippen LogP contribution is -2.38. The lowest BCUT2D eigenvalue weighted by molar-refractivity contribution is -0.124. The molecular formula is C33H29IN4O. The smallest absolute Gasteiger partial charge is 0.234 e. The van der Waals surface area contributed by atoms with Gasteiger partial charge < -0.3 is 10.2 Å². The zero-order chi connectivity index (χ0) is 26.5. The molecule has 1 aromatic heterocycles. The molecule has 1 amide bonds. The van der Waals surface area contributed by atoms with Gasteiger partial charge in [0.05, 0.1) is 10.9 Å². The van der Waals surface area contributed by atoms with E-state index in [1.807, 2.05) is 4.90 Å². The lowest BCUT2D eigenvalue weighted by atomic mass is 9.77. The first-order chi connectivity index (χ1) is 19.1. The molecule has 194 valence electrons. The van der Waals surface area contributed by atoms with Crippen LogP contribution in [0.1, 0.15) is 29.5 Å². The van der Waals surface area contributed by atoms with E-state index in [0.29, 0.717) is 0 Å². The number of nitrogens with zero attached hydrogens (tertiary/aromatic N) is 3. The second kappa shape index (κ2) is 9.61. The molecule has 2 saturated heterocycles. The Kier molecular flexibility index (Phi) is 6.05. The monoisotopic (exact) mass is 624 g/mol. The van der Waals surface area contributed by atoms with Crippen molar-refractivity contribution in [2.45, 2.75) is 18.4 Å². The molecule has 2 fully saturated rings. The van der Waals surface area contributed by atoms with Gasteiger partial charge in [-0.2, -0.15) is 5.10 Å². The molecule has 0 aliphatic carbocycles. The zero-order valence-electron chi connectivity index (χ0n) is 21.6. The Morgan fingerprint density at radius 3 is 1.92 bits per heavy atom. The summed E-state index contributed by atoms with van der Waals surface area (Å²) in [6.07, 6.45) is 1.83. The van der Waals surface area contributed by atoms with Gasteiger partial charge in [-0.1, -0.05) is 91.0 Å². The second-order valence-corrected chi connectivity index (χ2v) is 11.6. The van der Waals surface area contributed by atoms with Crippen LogP contribution in [-0.4, -0.2) is 35.3 Å². The van der Waals surface area contributed by atoms with Crippen LogP contribution in [0.2, 0.25) is 0 Å². The topological polar surface area (TPSA) is 50.2 Å². The molecule has 7 rings (SSSR count). The van der Waals surface area contributed by atoms with Crippen molar-refractivity contribution in [2.75, 3.05) is 24.5 Å². The first-order valence-electron chi connectivity index (χ1n) is 13.5. The van der Waals surface area contributed by atoms with Crippen LogP contribution >= 0.6 is 22.6 Å². The molecular weight excluding hydrogens is 595 g/mol. The van der Waals surface area contributed by atoms with Crippen molar-refractivity contribution in [1.29, 1.82) is 0 Å². The van der Waals surface area contributed by atoms with Crippen molar-refractivity contribution in [3.8, 4) is 0 Å². The van der Waals surface area contributed by atoms with Crippen LogP contribution in [0.25, 0.3) is 10.9 Å². The molecule has 2 aliphatic heterocycles. The number of hydrogen-bond donors (Lipinski definition) is 1. The summed E-state index contributed by atoms with van der Waals surface area (Å²) < 4.78 is 3.10. The molecule has 4 aromatic carbocycles. The van der Waals surface area contributed by atoms with E-state index in [1.54, 1.807) is 0 Å². The summed E-state index contributed by atoms with van der Waals surface area (Å²) in [7, 11) is 0. The summed E-state index contributed by atoms with van der Waals surface area (Å²) in [5.41, 5.74) is 4.47. The summed E-state index contributed by atoms with van der Waals surface area (Å²) in [4.78, 5) is 15.5. The van der Waals surface area contributed by atoms with E-state index < -0.39 is 5.54 Å². The fourth-order valence-electron chi connectivity index (χ4n) is 6.60. The Balaban J connectivity index is 1.45. The average molecular weight is 625 g/mol. The van der Waals surface area contributed by atoms with E-state index in [1.165, 1.54) is 0 Å². The molecule has 0 radical (unpaired) electrons. The predicted octanol–water partition coefficient (Wildman–Crippen LogP) is 6.20. The Labute approximate surface area is 242 Å². The molecule has 6 heteroatoms. The molecule has 2 aliphatic rings. The fourth-order valence-corrected chi connectivity index (χ4v) is 7.25. The number of hydrogen-bond acceptors (Lipinski definition) is 3. The highest BCUT2D eigenvalue weighted by Gasteiger charge is 2.49. The highest BCUT2D eigenvalue weighted by atomic mass is 127. The summed E-state index contributed by atoms with van der Waals surface area (Å²) in [5.74, 6) is 0.251. The van der Waals surface area contributed by atoms with Crippen LogP contribution in [0.5, 0.6) is 0 Å². The zero-order valence-corrected chi connectivity index (χ0v) is 23.7. The van der Waals surface area contributed by atoms with E-state index >= 15 is 0 Å². The van der Waals surface area contributed by atoms with Crippen LogP contribution in [0.4, 0.5) is 5.69 Å². The Hall–Kier alpha value is -3.49. The number of carbonyl (C=O) groups excluding carboxylic acids is 1. The highest BCUT2D eigenvalue weighted by molar-refractivity contribution is 14.1. The maximum Gasteiger partial charge on any atom is 0.234 e. The van der Waals surface area contributed by atoms with Crippen molar-refractivity contribution >= 4 is 45.1 Å². The van der Waals surface area contributed by atoms with Gasteiger partial charge in [0, 0.05) is 24.2 Å². The van der Waals surface area contributed by atoms with Gasteiger partial charge in [0.15, 0.2) is 0 Å². The molecule has 5 nitrogen and oxygen atoms in total. The highest BCUT2D eigenvalue weighted by Crippen LogP contribution is 2.44. The van der Waals surface area contributed by atoms with E-state index in [0.717, 1.165) is 69.5 Å².